The number of benzene rings is 1. The molecule has 0 aliphatic carbocycles. The van der Waals surface area contributed by atoms with Gasteiger partial charge in [-0.2, -0.15) is 0 Å². The molecule has 88 valence electrons. The summed E-state index contributed by atoms with van der Waals surface area (Å²) in [6.45, 7) is 7.46. The van der Waals surface area contributed by atoms with Gasteiger partial charge in [0.05, 0.1) is 12.8 Å². The molecule has 1 aromatic rings. The van der Waals surface area contributed by atoms with Gasteiger partial charge in [-0.05, 0) is 31.5 Å². The number of nitrogens with one attached hydrogen (secondary N) is 1. The van der Waals surface area contributed by atoms with Gasteiger partial charge >= 0.3 is 0 Å². The van der Waals surface area contributed by atoms with Crippen molar-refractivity contribution in [1.29, 1.82) is 0 Å². The minimum absolute atomic E-state index is 0.541. The summed E-state index contributed by atoms with van der Waals surface area (Å²) in [5, 5.41) is 3.45. The molecule has 1 aliphatic heterocycles. The number of ether oxygens (including phenoxy) is 1. The van der Waals surface area contributed by atoms with Gasteiger partial charge in [-0.15, -0.1) is 0 Å². The van der Waals surface area contributed by atoms with E-state index in [1.54, 1.807) is 7.11 Å². The molecular formula is C13H20N2O. The molecule has 0 saturated carbocycles. The summed E-state index contributed by atoms with van der Waals surface area (Å²) in [6.07, 6.45) is 0. The summed E-state index contributed by atoms with van der Waals surface area (Å²) in [5.74, 6) is 0.972. The lowest BCUT2D eigenvalue weighted by Gasteiger charge is -2.34. The first kappa shape index (κ1) is 11.3. The van der Waals surface area contributed by atoms with E-state index >= 15 is 0 Å². The van der Waals surface area contributed by atoms with Crippen LogP contribution >= 0.6 is 0 Å². The van der Waals surface area contributed by atoms with Crippen LogP contribution in [-0.4, -0.2) is 32.8 Å². The zero-order valence-corrected chi connectivity index (χ0v) is 10.3. The Bertz CT molecular complexity index is 365. The SMILES string of the molecule is COc1ccc(C)cc1N1CCNC(C)C1. The molecule has 1 unspecified atom stereocenters. The standard InChI is InChI=1S/C13H20N2O/c1-10-4-5-13(16-3)12(8-10)15-7-6-14-11(2)9-15/h4-5,8,11,14H,6-7,9H2,1-3H3. The van der Waals surface area contributed by atoms with Gasteiger partial charge in [0.25, 0.3) is 0 Å². The van der Waals surface area contributed by atoms with Crippen molar-refractivity contribution in [3.05, 3.63) is 23.8 Å². The van der Waals surface area contributed by atoms with Crippen molar-refractivity contribution in [2.75, 3.05) is 31.6 Å². The molecule has 1 atom stereocenters. The third-order valence-electron chi connectivity index (χ3n) is 3.04. The maximum absolute atomic E-state index is 5.43. The van der Waals surface area contributed by atoms with Crippen molar-refractivity contribution in [3.63, 3.8) is 0 Å². The summed E-state index contributed by atoms with van der Waals surface area (Å²) in [7, 11) is 1.74. The Morgan fingerprint density at radius 1 is 1.44 bits per heavy atom. The van der Waals surface area contributed by atoms with E-state index in [4.69, 9.17) is 4.74 Å². The average molecular weight is 220 g/mol. The third-order valence-corrected chi connectivity index (χ3v) is 3.04. The van der Waals surface area contributed by atoms with Gasteiger partial charge in [0.15, 0.2) is 0 Å². The van der Waals surface area contributed by atoms with E-state index in [9.17, 15) is 0 Å². The second kappa shape index (κ2) is 4.74. The highest BCUT2D eigenvalue weighted by Gasteiger charge is 2.18. The minimum atomic E-state index is 0.541. The molecule has 3 heteroatoms. The van der Waals surface area contributed by atoms with Crippen molar-refractivity contribution in [2.24, 2.45) is 0 Å². The van der Waals surface area contributed by atoms with E-state index in [1.807, 2.05) is 0 Å². The summed E-state index contributed by atoms with van der Waals surface area (Å²) in [6, 6.07) is 6.89. The van der Waals surface area contributed by atoms with Crippen molar-refractivity contribution in [3.8, 4) is 5.75 Å². The molecule has 16 heavy (non-hydrogen) atoms. The van der Waals surface area contributed by atoms with Crippen LogP contribution in [0.3, 0.4) is 0 Å². The van der Waals surface area contributed by atoms with Crippen molar-refractivity contribution in [1.82, 2.24) is 5.32 Å². The average Bonchev–Trinajstić information content (AvgIpc) is 2.29. The van der Waals surface area contributed by atoms with Gasteiger partial charge in [-0.1, -0.05) is 6.07 Å². The fraction of sp³-hybridized carbons (Fsp3) is 0.538. The second-order valence-electron chi connectivity index (χ2n) is 4.48. The Balaban J connectivity index is 2.26. The van der Waals surface area contributed by atoms with E-state index < -0.39 is 0 Å². The maximum Gasteiger partial charge on any atom is 0.142 e. The van der Waals surface area contributed by atoms with Crippen molar-refractivity contribution in [2.45, 2.75) is 19.9 Å². The zero-order chi connectivity index (χ0) is 11.5. The van der Waals surface area contributed by atoms with Crippen LogP contribution < -0.4 is 15.0 Å². The number of hydrogen-bond acceptors (Lipinski definition) is 3. The van der Waals surface area contributed by atoms with Crippen LogP contribution in [0.1, 0.15) is 12.5 Å². The second-order valence-corrected chi connectivity index (χ2v) is 4.48. The van der Waals surface area contributed by atoms with Crippen molar-refractivity contribution >= 4 is 5.69 Å². The van der Waals surface area contributed by atoms with Crippen LogP contribution in [0.4, 0.5) is 5.69 Å². The van der Waals surface area contributed by atoms with Crippen LogP contribution in [0.2, 0.25) is 0 Å². The number of anilines is 1. The molecule has 3 nitrogen and oxygen atoms in total. The Hall–Kier alpha value is -1.22. The Morgan fingerprint density at radius 3 is 2.94 bits per heavy atom. The monoisotopic (exact) mass is 220 g/mol. The molecule has 2 rings (SSSR count). The summed E-state index contributed by atoms with van der Waals surface area (Å²) in [4.78, 5) is 2.40. The highest BCUT2D eigenvalue weighted by molar-refractivity contribution is 5.60. The fourth-order valence-corrected chi connectivity index (χ4v) is 2.20. The fourth-order valence-electron chi connectivity index (χ4n) is 2.20. The van der Waals surface area contributed by atoms with Gasteiger partial charge in [-0.3, -0.25) is 0 Å². The summed E-state index contributed by atoms with van der Waals surface area (Å²) in [5.41, 5.74) is 2.50. The lowest BCUT2D eigenvalue weighted by atomic mass is 10.1. The molecule has 0 spiro atoms. The maximum atomic E-state index is 5.43. The Morgan fingerprint density at radius 2 is 2.25 bits per heavy atom. The number of methoxy groups -OCH3 is 1. The topological polar surface area (TPSA) is 24.5 Å². The lowest BCUT2D eigenvalue weighted by molar-refractivity contribution is 0.410. The van der Waals surface area contributed by atoms with Gasteiger partial charge < -0.3 is 15.0 Å². The van der Waals surface area contributed by atoms with E-state index in [-0.39, 0.29) is 0 Å². The van der Waals surface area contributed by atoms with E-state index in [0.29, 0.717) is 6.04 Å². The molecule has 1 saturated heterocycles. The minimum Gasteiger partial charge on any atom is -0.495 e. The predicted octanol–water partition coefficient (Wildman–Crippen LogP) is 1.80. The van der Waals surface area contributed by atoms with E-state index in [0.717, 1.165) is 25.4 Å². The van der Waals surface area contributed by atoms with Crippen LogP contribution in [-0.2, 0) is 0 Å². The number of aryl methyl sites for hydroxylation is 1. The molecule has 0 radical (unpaired) electrons. The highest BCUT2D eigenvalue weighted by Crippen LogP contribution is 2.29. The number of hydrogen-bond donors (Lipinski definition) is 1. The quantitative estimate of drug-likeness (QED) is 0.822. The first-order valence-electron chi connectivity index (χ1n) is 5.83. The van der Waals surface area contributed by atoms with Gasteiger partial charge in [0.1, 0.15) is 5.75 Å². The molecule has 0 bridgehead atoms. The molecule has 1 aliphatic rings. The predicted molar refractivity (Wildman–Crippen MR) is 67.4 cm³/mol. The normalized spacial score (nSPS) is 20.9. The Labute approximate surface area is 97.4 Å². The van der Waals surface area contributed by atoms with Crippen LogP contribution in [0, 0.1) is 6.92 Å². The summed E-state index contributed by atoms with van der Waals surface area (Å²) < 4.78 is 5.43. The molecule has 1 N–H and O–H groups in total. The largest absolute Gasteiger partial charge is 0.495 e. The molecule has 1 fully saturated rings. The molecule has 1 aromatic carbocycles. The number of piperazine rings is 1. The first-order chi connectivity index (χ1) is 7.70. The number of rotatable bonds is 2. The molecule has 0 amide bonds. The highest BCUT2D eigenvalue weighted by atomic mass is 16.5. The van der Waals surface area contributed by atoms with E-state index in [1.165, 1.54) is 11.3 Å². The van der Waals surface area contributed by atoms with Crippen LogP contribution in [0.15, 0.2) is 18.2 Å². The molecule has 1 heterocycles. The first-order valence-corrected chi connectivity index (χ1v) is 5.83. The lowest BCUT2D eigenvalue weighted by Crippen LogP contribution is -2.49. The van der Waals surface area contributed by atoms with Crippen molar-refractivity contribution < 1.29 is 4.74 Å². The third kappa shape index (κ3) is 2.30. The zero-order valence-electron chi connectivity index (χ0n) is 10.3. The molecular weight excluding hydrogens is 200 g/mol. The van der Waals surface area contributed by atoms with Gasteiger partial charge in [0.2, 0.25) is 0 Å². The summed E-state index contributed by atoms with van der Waals surface area (Å²) >= 11 is 0. The van der Waals surface area contributed by atoms with Crippen LogP contribution in [0.5, 0.6) is 5.75 Å². The Kier molecular flexibility index (Phi) is 3.34. The van der Waals surface area contributed by atoms with Gasteiger partial charge in [-0.25, -0.2) is 0 Å². The van der Waals surface area contributed by atoms with E-state index in [2.05, 4.69) is 42.3 Å². The van der Waals surface area contributed by atoms with Gasteiger partial charge in [0, 0.05) is 25.7 Å². The number of nitrogens with zero attached hydrogens (tertiary/aromatic N) is 1. The van der Waals surface area contributed by atoms with Crippen LogP contribution in [0.25, 0.3) is 0 Å². The smallest absolute Gasteiger partial charge is 0.142 e. The molecule has 0 aromatic heterocycles.